The van der Waals surface area contributed by atoms with Gasteiger partial charge in [0.05, 0.1) is 6.61 Å². The van der Waals surface area contributed by atoms with Crippen molar-refractivity contribution in [2.45, 2.75) is 6.42 Å². The van der Waals surface area contributed by atoms with Gasteiger partial charge in [0.15, 0.2) is 0 Å². The van der Waals surface area contributed by atoms with Crippen molar-refractivity contribution in [2.24, 2.45) is 5.92 Å². The van der Waals surface area contributed by atoms with Gasteiger partial charge in [-0.2, -0.15) is 0 Å². The van der Waals surface area contributed by atoms with Crippen LogP contribution >= 0.6 is 0 Å². The largest absolute Gasteiger partial charge is 0.395 e. The first-order valence-electron chi connectivity index (χ1n) is 6.66. The summed E-state index contributed by atoms with van der Waals surface area (Å²) in [6.45, 7) is 12.1. The predicted molar refractivity (Wildman–Crippen MR) is 69.8 cm³/mol. The molecular formula is C13H25N3O. The summed E-state index contributed by atoms with van der Waals surface area (Å²) in [5.74, 6) is 0.602. The second-order valence-electron chi connectivity index (χ2n) is 5.29. The predicted octanol–water partition coefficient (Wildman–Crippen LogP) is 0.0617. The third-order valence-corrected chi connectivity index (χ3v) is 4.07. The van der Waals surface area contributed by atoms with Crippen molar-refractivity contribution < 1.29 is 5.11 Å². The Balaban J connectivity index is 1.80. The van der Waals surface area contributed by atoms with Crippen LogP contribution in [0.4, 0.5) is 0 Å². The maximum atomic E-state index is 8.95. The molecule has 4 nitrogen and oxygen atoms in total. The minimum atomic E-state index is 0.272. The zero-order valence-electron chi connectivity index (χ0n) is 10.9. The van der Waals surface area contributed by atoms with E-state index in [2.05, 4.69) is 28.3 Å². The van der Waals surface area contributed by atoms with Gasteiger partial charge in [-0.1, -0.05) is 6.58 Å². The van der Waals surface area contributed by atoms with Crippen LogP contribution < -0.4 is 0 Å². The highest BCUT2D eigenvalue weighted by molar-refractivity contribution is 5.05. The Kier molecular flexibility index (Phi) is 4.42. The summed E-state index contributed by atoms with van der Waals surface area (Å²) < 4.78 is 0. The van der Waals surface area contributed by atoms with Crippen LogP contribution in [0, 0.1) is 5.92 Å². The van der Waals surface area contributed by atoms with Gasteiger partial charge in [0, 0.05) is 50.9 Å². The molecule has 0 unspecified atom stereocenters. The molecule has 1 atom stereocenters. The van der Waals surface area contributed by atoms with E-state index >= 15 is 0 Å². The van der Waals surface area contributed by atoms with Crippen molar-refractivity contribution in [2.75, 3.05) is 59.5 Å². The first kappa shape index (κ1) is 12.9. The van der Waals surface area contributed by atoms with E-state index in [4.69, 9.17) is 5.11 Å². The molecule has 0 spiro atoms. The molecule has 0 aromatic rings. The number of β-amino-alcohol motifs (C(OH)–C–C–N with tert-alkyl or cyclic N) is 1. The second kappa shape index (κ2) is 5.85. The van der Waals surface area contributed by atoms with E-state index in [1.54, 1.807) is 0 Å². The fraction of sp³-hybridized carbons (Fsp3) is 0.846. The molecule has 1 N–H and O–H groups in total. The highest BCUT2D eigenvalue weighted by Crippen LogP contribution is 2.25. The first-order valence-corrected chi connectivity index (χ1v) is 6.66. The smallest absolute Gasteiger partial charge is 0.0558 e. The van der Waals surface area contributed by atoms with Crippen LogP contribution in [0.2, 0.25) is 0 Å². The SMILES string of the molecule is C=C([C@@H]1CCN(CCO)C1)N1CCN(C)CC1. The Labute approximate surface area is 104 Å². The number of likely N-dealkylation sites (N-methyl/N-ethyl adjacent to an activating group) is 1. The maximum Gasteiger partial charge on any atom is 0.0558 e. The Morgan fingerprint density at radius 3 is 2.59 bits per heavy atom. The van der Waals surface area contributed by atoms with Crippen molar-refractivity contribution in [3.63, 3.8) is 0 Å². The number of hydrogen-bond acceptors (Lipinski definition) is 4. The Bertz CT molecular complexity index is 261. The van der Waals surface area contributed by atoms with Gasteiger partial charge in [-0.25, -0.2) is 0 Å². The normalized spacial score (nSPS) is 27.6. The fourth-order valence-electron chi connectivity index (χ4n) is 2.80. The zero-order chi connectivity index (χ0) is 12.3. The molecule has 0 saturated carbocycles. The molecule has 17 heavy (non-hydrogen) atoms. The molecule has 0 aromatic carbocycles. The van der Waals surface area contributed by atoms with E-state index in [1.165, 1.54) is 12.1 Å². The molecule has 0 aromatic heterocycles. The second-order valence-corrected chi connectivity index (χ2v) is 5.29. The third kappa shape index (κ3) is 3.21. The Hall–Kier alpha value is -0.580. The molecule has 2 aliphatic heterocycles. The number of aliphatic hydroxyl groups excluding tert-OH is 1. The summed E-state index contributed by atoms with van der Waals surface area (Å²) in [7, 11) is 2.18. The molecule has 0 amide bonds. The summed E-state index contributed by atoms with van der Waals surface area (Å²) in [6.07, 6.45) is 1.20. The van der Waals surface area contributed by atoms with Crippen molar-refractivity contribution in [3.8, 4) is 0 Å². The van der Waals surface area contributed by atoms with Crippen LogP contribution in [0.1, 0.15) is 6.42 Å². The zero-order valence-corrected chi connectivity index (χ0v) is 10.9. The number of rotatable bonds is 4. The summed E-state index contributed by atoms with van der Waals surface area (Å²) >= 11 is 0. The molecule has 2 saturated heterocycles. The van der Waals surface area contributed by atoms with Gasteiger partial charge in [0.1, 0.15) is 0 Å². The molecular weight excluding hydrogens is 214 g/mol. The minimum Gasteiger partial charge on any atom is -0.395 e. The monoisotopic (exact) mass is 239 g/mol. The van der Waals surface area contributed by atoms with Gasteiger partial charge in [-0.15, -0.1) is 0 Å². The fourth-order valence-corrected chi connectivity index (χ4v) is 2.80. The maximum absolute atomic E-state index is 8.95. The van der Waals surface area contributed by atoms with Gasteiger partial charge < -0.3 is 19.8 Å². The van der Waals surface area contributed by atoms with E-state index in [1.807, 2.05) is 0 Å². The van der Waals surface area contributed by atoms with Crippen LogP contribution in [0.25, 0.3) is 0 Å². The third-order valence-electron chi connectivity index (χ3n) is 4.07. The molecule has 2 fully saturated rings. The lowest BCUT2D eigenvalue weighted by Crippen LogP contribution is -2.45. The number of piperazine rings is 1. The molecule has 0 bridgehead atoms. The summed E-state index contributed by atoms with van der Waals surface area (Å²) in [4.78, 5) is 7.16. The van der Waals surface area contributed by atoms with Crippen LogP contribution in [-0.4, -0.2) is 79.3 Å². The van der Waals surface area contributed by atoms with Crippen molar-refractivity contribution >= 4 is 0 Å². The molecule has 2 aliphatic rings. The molecule has 2 heterocycles. The van der Waals surface area contributed by atoms with Crippen LogP contribution in [0.5, 0.6) is 0 Å². The van der Waals surface area contributed by atoms with Crippen LogP contribution in [0.3, 0.4) is 0 Å². The van der Waals surface area contributed by atoms with Crippen molar-refractivity contribution in [1.29, 1.82) is 0 Å². The van der Waals surface area contributed by atoms with Crippen molar-refractivity contribution in [3.05, 3.63) is 12.3 Å². The van der Waals surface area contributed by atoms with E-state index in [-0.39, 0.29) is 6.61 Å². The van der Waals surface area contributed by atoms with E-state index in [0.717, 1.165) is 45.8 Å². The van der Waals surface area contributed by atoms with Gasteiger partial charge in [-0.05, 0) is 20.0 Å². The van der Waals surface area contributed by atoms with Crippen LogP contribution in [-0.2, 0) is 0 Å². The standard InChI is InChI=1S/C13H25N3O/c1-12(16-7-5-14(2)6-8-16)13-3-4-15(11-13)9-10-17/h13,17H,1,3-11H2,2H3/t13-/m1/s1. The lowest BCUT2D eigenvalue weighted by Gasteiger charge is -2.37. The lowest BCUT2D eigenvalue weighted by atomic mass is 10.0. The Morgan fingerprint density at radius 2 is 1.94 bits per heavy atom. The molecule has 0 radical (unpaired) electrons. The highest BCUT2D eigenvalue weighted by atomic mass is 16.3. The van der Waals surface area contributed by atoms with Crippen molar-refractivity contribution in [1.82, 2.24) is 14.7 Å². The van der Waals surface area contributed by atoms with Gasteiger partial charge >= 0.3 is 0 Å². The molecule has 0 aliphatic carbocycles. The lowest BCUT2D eigenvalue weighted by molar-refractivity contribution is 0.171. The van der Waals surface area contributed by atoms with E-state index in [9.17, 15) is 0 Å². The minimum absolute atomic E-state index is 0.272. The Morgan fingerprint density at radius 1 is 1.24 bits per heavy atom. The summed E-state index contributed by atoms with van der Waals surface area (Å²) in [5, 5.41) is 8.95. The van der Waals surface area contributed by atoms with E-state index < -0.39 is 0 Å². The quantitative estimate of drug-likeness (QED) is 0.751. The first-order chi connectivity index (χ1) is 8.20. The topological polar surface area (TPSA) is 30.0 Å². The van der Waals surface area contributed by atoms with E-state index in [0.29, 0.717) is 5.92 Å². The van der Waals surface area contributed by atoms with Gasteiger partial charge in [0.2, 0.25) is 0 Å². The highest BCUT2D eigenvalue weighted by Gasteiger charge is 2.27. The number of hydrogen-bond donors (Lipinski definition) is 1. The summed E-state index contributed by atoms with van der Waals surface area (Å²) in [5.41, 5.74) is 1.32. The molecule has 2 rings (SSSR count). The van der Waals surface area contributed by atoms with Crippen LogP contribution in [0.15, 0.2) is 12.3 Å². The number of likely N-dealkylation sites (tertiary alicyclic amines) is 1. The number of nitrogens with zero attached hydrogens (tertiary/aromatic N) is 3. The summed E-state index contributed by atoms with van der Waals surface area (Å²) in [6, 6.07) is 0. The average molecular weight is 239 g/mol. The number of aliphatic hydroxyl groups is 1. The molecule has 4 heteroatoms. The van der Waals surface area contributed by atoms with Gasteiger partial charge in [-0.3, -0.25) is 0 Å². The van der Waals surface area contributed by atoms with Gasteiger partial charge in [0.25, 0.3) is 0 Å². The molecule has 98 valence electrons. The average Bonchev–Trinajstić information content (AvgIpc) is 2.78.